The average molecular weight is 443 g/mol. The molecule has 1 fully saturated rings. The van der Waals surface area contributed by atoms with Gasteiger partial charge in [-0.2, -0.15) is 11.8 Å². The van der Waals surface area contributed by atoms with Gasteiger partial charge in [0.25, 0.3) is 0 Å². The molecule has 1 saturated heterocycles. The topological polar surface area (TPSA) is 89.1 Å². The first-order valence-corrected chi connectivity index (χ1v) is 11.2. The second kappa shape index (κ2) is 8.93. The van der Waals surface area contributed by atoms with E-state index in [4.69, 9.17) is 0 Å². The molecule has 8 nitrogen and oxygen atoms in total. The van der Waals surface area contributed by atoms with Crippen LogP contribution in [0.5, 0.6) is 0 Å². The lowest BCUT2D eigenvalue weighted by Gasteiger charge is -2.29. The molecular weight excluding hydrogens is 419 g/mol. The molecule has 0 aliphatic carbocycles. The summed E-state index contributed by atoms with van der Waals surface area (Å²) in [4.78, 5) is 21.8. The van der Waals surface area contributed by atoms with Crippen LogP contribution in [0.25, 0.3) is 5.82 Å². The Morgan fingerprint density at radius 2 is 2.00 bits per heavy atom. The van der Waals surface area contributed by atoms with E-state index in [0.717, 1.165) is 30.4 Å². The van der Waals surface area contributed by atoms with Gasteiger partial charge in [-0.1, -0.05) is 13.8 Å². The number of nitrogens with zero attached hydrogens (tertiary/aromatic N) is 5. The summed E-state index contributed by atoms with van der Waals surface area (Å²) in [5, 5.41) is 14.5. The number of hydrogen-bond donors (Lipinski definition) is 1. The molecule has 0 unspecified atom stereocenters. The maximum Gasteiger partial charge on any atom is 0.311 e. The third kappa shape index (κ3) is 4.48. The number of thioether (sulfide) groups is 1. The first-order chi connectivity index (χ1) is 14.9. The minimum absolute atomic E-state index is 0.0485. The van der Waals surface area contributed by atoms with E-state index in [9.17, 15) is 14.5 Å². The van der Waals surface area contributed by atoms with Crippen LogP contribution in [0.3, 0.4) is 0 Å². The molecule has 3 aromatic rings. The Kier molecular flexibility index (Phi) is 6.08. The predicted octanol–water partition coefficient (Wildman–Crippen LogP) is 4.73. The van der Waals surface area contributed by atoms with Gasteiger partial charge in [0.05, 0.1) is 10.6 Å². The van der Waals surface area contributed by atoms with Crippen LogP contribution >= 0.6 is 11.8 Å². The summed E-state index contributed by atoms with van der Waals surface area (Å²) in [7, 11) is 0. The molecular formula is C21H23FN6O2S. The highest BCUT2D eigenvalue weighted by atomic mass is 32.2. The van der Waals surface area contributed by atoms with Gasteiger partial charge in [0.15, 0.2) is 0 Å². The Morgan fingerprint density at radius 3 is 2.68 bits per heavy atom. The summed E-state index contributed by atoms with van der Waals surface area (Å²) in [5.74, 6) is 3.06. The Balaban J connectivity index is 1.66. The second-order valence-electron chi connectivity index (χ2n) is 7.50. The lowest BCUT2D eigenvalue weighted by molar-refractivity contribution is -0.384. The average Bonchev–Trinajstić information content (AvgIpc) is 3.25. The van der Waals surface area contributed by atoms with E-state index >= 15 is 0 Å². The first kappa shape index (κ1) is 21.1. The third-order valence-corrected chi connectivity index (χ3v) is 5.99. The fraction of sp³-hybridized carbons (Fsp3) is 0.333. The van der Waals surface area contributed by atoms with Crippen LogP contribution in [-0.4, -0.2) is 44.1 Å². The molecule has 3 heterocycles. The van der Waals surface area contributed by atoms with Crippen LogP contribution in [0.2, 0.25) is 0 Å². The number of imidazole rings is 1. The zero-order valence-corrected chi connectivity index (χ0v) is 18.1. The molecule has 1 aromatic carbocycles. The fourth-order valence-electron chi connectivity index (χ4n) is 3.53. The summed E-state index contributed by atoms with van der Waals surface area (Å²) in [5.41, 5.74) is 0.754. The molecule has 10 heteroatoms. The van der Waals surface area contributed by atoms with Gasteiger partial charge < -0.3 is 10.2 Å². The molecule has 1 aliphatic heterocycles. The Labute approximate surface area is 183 Å². The summed E-state index contributed by atoms with van der Waals surface area (Å²) in [6, 6.07) is 7.75. The van der Waals surface area contributed by atoms with E-state index in [1.165, 1.54) is 12.1 Å². The van der Waals surface area contributed by atoms with Crippen molar-refractivity contribution in [1.82, 2.24) is 14.5 Å². The van der Waals surface area contributed by atoms with Crippen molar-refractivity contribution in [2.45, 2.75) is 19.8 Å². The van der Waals surface area contributed by atoms with Crippen molar-refractivity contribution in [1.29, 1.82) is 0 Å². The van der Waals surface area contributed by atoms with Crippen LogP contribution < -0.4 is 10.2 Å². The van der Waals surface area contributed by atoms with Gasteiger partial charge in [0.2, 0.25) is 5.82 Å². The van der Waals surface area contributed by atoms with E-state index in [1.54, 1.807) is 35.2 Å². The number of hydrogen-bond acceptors (Lipinski definition) is 7. The van der Waals surface area contributed by atoms with Crippen molar-refractivity contribution in [3.63, 3.8) is 0 Å². The van der Waals surface area contributed by atoms with Gasteiger partial charge in [0, 0.05) is 54.7 Å². The van der Waals surface area contributed by atoms with Crippen molar-refractivity contribution in [2.75, 3.05) is 34.8 Å². The number of aromatic nitrogens is 3. The van der Waals surface area contributed by atoms with Gasteiger partial charge in [0.1, 0.15) is 17.5 Å². The number of nitrogens with one attached hydrogen (secondary N) is 1. The van der Waals surface area contributed by atoms with Crippen molar-refractivity contribution >= 4 is 34.6 Å². The molecule has 31 heavy (non-hydrogen) atoms. The number of anilines is 3. The van der Waals surface area contributed by atoms with Gasteiger partial charge >= 0.3 is 5.69 Å². The summed E-state index contributed by atoms with van der Waals surface area (Å²) in [6.45, 7) is 5.61. The number of benzene rings is 1. The monoisotopic (exact) mass is 442 g/mol. The normalized spacial score (nSPS) is 14.1. The molecule has 0 bridgehead atoms. The van der Waals surface area contributed by atoms with Crippen LogP contribution in [0.1, 0.15) is 25.6 Å². The predicted molar refractivity (Wildman–Crippen MR) is 121 cm³/mol. The van der Waals surface area contributed by atoms with E-state index in [0.29, 0.717) is 17.2 Å². The Hall–Kier alpha value is -3.14. The van der Waals surface area contributed by atoms with Gasteiger partial charge in [-0.3, -0.25) is 14.7 Å². The van der Waals surface area contributed by atoms with Crippen molar-refractivity contribution in [3.05, 3.63) is 64.5 Å². The van der Waals surface area contributed by atoms with Gasteiger partial charge in [-0.15, -0.1) is 0 Å². The third-order valence-electron chi connectivity index (χ3n) is 5.05. The quantitative estimate of drug-likeness (QED) is 0.436. The standard InChI is InChI=1S/C21H23FN6O2S/c1-14(2)21-23-7-8-27(21)19-6-5-18(28(29)30)20(25-19)24-15-3-4-17(16(22)13-15)26-9-11-31-12-10-26/h3-8,13-14H,9-12H2,1-2H3,(H,24,25). The smallest absolute Gasteiger partial charge is 0.311 e. The highest BCUT2D eigenvalue weighted by molar-refractivity contribution is 7.99. The minimum Gasteiger partial charge on any atom is -0.368 e. The molecule has 2 aromatic heterocycles. The maximum atomic E-state index is 14.8. The van der Waals surface area contributed by atoms with E-state index in [2.05, 4.69) is 15.3 Å². The first-order valence-electron chi connectivity index (χ1n) is 10.0. The van der Waals surface area contributed by atoms with E-state index in [-0.39, 0.29) is 23.2 Å². The summed E-state index contributed by atoms with van der Waals surface area (Å²) < 4.78 is 16.6. The molecule has 0 atom stereocenters. The van der Waals surface area contributed by atoms with E-state index in [1.807, 2.05) is 30.5 Å². The van der Waals surface area contributed by atoms with Crippen LogP contribution in [0.4, 0.5) is 27.3 Å². The summed E-state index contributed by atoms with van der Waals surface area (Å²) >= 11 is 1.86. The molecule has 1 N–H and O–H groups in total. The maximum absolute atomic E-state index is 14.8. The number of pyridine rings is 1. The Bertz CT molecular complexity index is 1100. The largest absolute Gasteiger partial charge is 0.368 e. The highest BCUT2D eigenvalue weighted by Crippen LogP contribution is 2.30. The van der Waals surface area contributed by atoms with Crippen LogP contribution in [0, 0.1) is 15.9 Å². The van der Waals surface area contributed by atoms with Gasteiger partial charge in [-0.25, -0.2) is 14.4 Å². The number of rotatable bonds is 6. The molecule has 0 spiro atoms. The van der Waals surface area contributed by atoms with Crippen molar-refractivity contribution < 1.29 is 9.31 Å². The fourth-order valence-corrected chi connectivity index (χ4v) is 4.44. The molecule has 0 radical (unpaired) electrons. The van der Waals surface area contributed by atoms with Crippen molar-refractivity contribution in [2.24, 2.45) is 0 Å². The molecule has 4 rings (SSSR count). The summed E-state index contributed by atoms with van der Waals surface area (Å²) in [6.07, 6.45) is 3.43. The van der Waals surface area contributed by atoms with Gasteiger partial charge in [-0.05, 0) is 24.3 Å². The molecule has 162 valence electrons. The van der Waals surface area contributed by atoms with Crippen LogP contribution in [0.15, 0.2) is 42.7 Å². The zero-order chi connectivity index (χ0) is 22.0. The SMILES string of the molecule is CC(C)c1nccn1-c1ccc([N+](=O)[O-])c(Nc2ccc(N3CCSCC3)c(F)c2)n1. The van der Waals surface area contributed by atoms with Crippen molar-refractivity contribution in [3.8, 4) is 5.82 Å². The molecule has 0 saturated carbocycles. The molecule has 1 aliphatic rings. The second-order valence-corrected chi connectivity index (χ2v) is 8.72. The highest BCUT2D eigenvalue weighted by Gasteiger charge is 2.20. The zero-order valence-electron chi connectivity index (χ0n) is 17.3. The molecule has 0 amide bonds. The number of nitro groups is 1. The Morgan fingerprint density at radius 1 is 1.23 bits per heavy atom. The minimum atomic E-state index is -0.507. The lowest BCUT2D eigenvalue weighted by Crippen LogP contribution is -2.33. The number of halogens is 1. The van der Waals surface area contributed by atoms with Crippen LogP contribution in [-0.2, 0) is 0 Å². The van der Waals surface area contributed by atoms with E-state index < -0.39 is 4.92 Å². The lowest BCUT2D eigenvalue weighted by atomic mass is 10.2.